The Morgan fingerprint density at radius 2 is 1.93 bits per heavy atom. The number of hydrogen-bond acceptors (Lipinski definition) is 4. The van der Waals surface area contributed by atoms with Gasteiger partial charge >= 0.3 is 0 Å². The summed E-state index contributed by atoms with van der Waals surface area (Å²) < 4.78 is 5.39. The zero-order valence-electron chi connectivity index (χ0n) is 18.0. The number of likely N-dealkylation sites (N-methyl/N-ethyl adjacent to an activating group) is 1. The van der Waals surface area contributed by atoms with Gasteiger partial charge in [-0.1, -0.05) is 30.3 Å². The van der Waals surface area contributed by atoms with Gasteiger partial charge in [-0.15, -0.1) is 0 Å². The number of hydrogen-bond donors (Lipinski definition) is 2. The van der Waals surface area contributed by atoms with E-state index in [1.807, 2.05) is 12.1 Å². The van der Waals surface area contributed by atoms with Gasteiger partial charge in [-0.05, 0) is 30.5 Å². The fourth-order valence-corrected chi connectivity index (χ4v) is 3.47. The maximum atomic E-state index is 12.0. The number of piperidine rings is 1. The van der Waals surface area contributed by atoms with Gasteiger partial charge in [0.15, 0.2) is 5.96 Å². The van der Waals surface area contributed by atoms with Crippen molar-refractivity contribution in [2.24, 2.45) is 4.99 Å². The summed E-state index contributed by atoms with van der Waals surface area (Å²) in [5.74, 6) is 1.61. The first-order chi connectivity index (χ1) is 14.6. The van der Waals surface area contributed by atoms with Crippen LogP contribution in [0.1, 0.15) is 24.2 Å². The molecule has 0 saturated carbocycles. The molecule has 0 aliphatic carbocycles. The molecule has 162 valence electrons. The average Bonchev–Trinajstić information content (AvgIpc) is 3.27. The maximum absolute atomic E-state index is 12.0. The summed E-state index contributed by atoms with van der Waals surface area (Å²) in [6.07, 6.45) is 4.55. The topological polar surface area (TPSA) is 73.1 Å². The molecule has 1 aromatic carbocycles. The molecule has 1 saturated heterocycles. The lowest BCUT2D eigenvalue weighted by molar-refractivity contribution is -0.127. The molecule has 3 rings (SSSR count). The van der Waals surface area contributed by atoms with E-state index in [2.05, 4.69) is 50.9 Å². The first-order valence-electron chi connectivity index (χ1n) is 10.6. The minimum absolute atomic E-state index is 0.0141. The van der Waals surface area contributed by atoms with E-state index in [0.717, 1.165) is 44.7 Å². The lowest BCUT2D eigenvalue weighted by Crippen LogP contribution is -2.49. The highest BCUT2D eigenvalue weighted by Gasteiger charge is 2.20. The van der Waals surface area contributed by atoms with E-state index in [9.17, 15) is 4.79 Å². The van der Waals surface area contributed by atoms with Gasteiger partial charge in [0.1, 0.15) is 12.3 Å². The van der Waals surface area contributed by atoms with Crippen LogP contribution in [0.4, 0.5) is 0 Å². The molecule has 0 atom stereocenters. The first-order valence-corrected chi connectivity index (χ1v) is 10.6. The second kappa shape index (κ2) is 11.4. The van der Waals surface area contributed by atoms with Crippen molar-refractivity contribution in [3.8, 4) is 0 Å². The molecule has 0 spiro atoms. The molecule has 2 heterocycles. The summed E-state index contributed by atoms with van der Waals surface area (Å²) in [4.78, 5) is 20.5. The van der Waals surface area contributed by atoms with Crippen LogP contribution in [-0.2, 0) is 17.8 Å². The normalized spacial score (nSPS) is 15.7. The van der Waals surface area contributed by atoms with Crippen LogP contribution in [0.25, 0.3) is 0 Å². The third-order valence-corrected chi connectivity index (χ3v) is 5.29. The van der Waals surface area contributed by atoms with Gasteiger partial charge in [0.25, 0.3) is 0 Å². The molecular weight excluding hydrogens is 378 g/mol. The van der Waals surface area contributed by atoms with E-state index in [-0.39, 0.29) is 12.5 Å². The molecule has 7 nitrogen and oxygen atoms in total. The number of amides is 1. The third kappa shape index (κ3) is 7.22. The Morgan fingerprint density at radius 1 is 1.17 bits per heavy atom. The van der Waals surface area contributed by atoms with Crippen LogP contribution in [0.2, 0.25) is 0 Å². The molecular formula is C23H33N5O2. The monoisotopic (exact) mass is 411 g/mol. The Hall–Kier alpha value is -2.80. The molecule has 0 unspecified atom stereocenters. The van der Waals surface area contributed by atoms with Crippen LogP contribution in [0.3, 0.4) is 0 Å². The number of carbonyl (C=O) groups excluding carboxylic acids is 1. The lowest BCUT2D eigenvalue weighted by atomic mass is 10.0. The van der Waals surface area contributed by atoms with E-state index < -0.39 is 0 Å². The number of nitrogens with one attached hydrogen (secondary N) is 2. The predicted octanol–water partition coefficient (Wildman–Crippen LogP) is 2.11. The number of likely N-dealkylation sites (tertiary alicyclic amines) is 1. The molecule has 1 aliphatic rings. The highest BCUT2D eigenvalue weighted by molar-refractivity contribution is 5.84. The van der Waals surface area contributed by atoms with Gasteiger partial charge in [0.05, 0.1) is 6.26 Å². The van der Waals surface area contributed by atoms with E-state index in [4.69, 9.17) is 4.42 Å². The summed E-state index contributed by atoms with van der Waals surface area (Å²) in [7, 11) is 3.50. The Labute approximate surface area is 179 Å². The molecule has 1 fully saturated rings. The third-order valence-electron chi connectivity index (χ3n) is 5.29. The van der Waals surface area contributed by atoms with Gasteiger partial charge in [-0.25, -0.2) is 4.99 Å². The van der Waals surface area contributed by atoms with Crippen molar-refractivity contribution >= 4 is 11.9 Å². The van der Waals surface area contributed by atoms with Crippen molar-refractivity contribution in [2.45, 2.75) is 31.8 Å². The Balaban J connectivity index is 1.49. The van der Waals surface area contributed by atoms with Crippen molar-refractivity contribution in [3.63, 3.8) is 0 Å². The number of furan rings is 1. The Bertz CT molecular complexity index is 781. The SMILES string of the molecule is CN(C)C(=O)CN=C(NCCc1ccco1)NC1CCN(Cc2ccccc2)CC1. The van der Waals surface area contributed by atoms with Gasteiger partial charge in [-0.3, -0.25) is 9.69 Å². The van der Waals surface area contributed by atoms with Crippen molar-refractivity contribution in [3.05, 3.63) is 60.1 Å². The van der Waals surface area contributed by atoms with E-state index >= 15 is 0 Å². The van der Waals surface area contributed by atoms with Crippen LogP contribution in [-0.4, -0.2) is 68.0 Å². The second-order valence-electron chi connectivity index (χ2n) is 7.89. The standard InChI is InChI=1S/C23H33N5O2/c1-27(2)22(29)17-25-23(24-13-10-21-9-6-16-30-21)26-20-11-14-28(15-12-20)18-19-7-4-3-5-8-19/h3-9,16,20H,10-15,17-18H2,1-2H3,(H2,24,25,26). The molecule has 0 radical (unpaired) electrons. The van der Waals surface area contributed by atoms with Crippen LogP contribution in [0, 0.1) is 0 Å². The molecule has 0 bridgehead atoms. The molecule has 1 aliphatic heterocycles. The average molecular weight is 412 g/mol. The van der Waals surface area contributed by atoms with Crippen LogP contribution < -0.4 is 10.6 Å². The van der Waals surface area contributed by atoms with Crippen LogP contribution >= 0.6 is 0 Å². The maximum Gasteiger partial charge on any atom is 0.243 e. The van der Waals surface area contributed by atoms with E-state index in [1.54, 1.807) is 25.3 Å². The summed E-state index contributed by atoms with van der Waals surface area (Å²) >= 11 is 0. The highest BCUT2D eigenvalue weighted by atomic mass is 16.3. The number of aliphatic imine (C=N–C) groups is 1. The van der Waals surface area contributed by atoms with E-state index in [1.165, 1.54) is 5.56 Å². The number of nitrogens with zero attached hydrogens (tertiary/aromatic N) is 3. The number of carbonyl (C=O) groups is 1. The quantitative estimate of drug-likeness (QED) is 0.514. The smallest absolute Gasteiger partial charge is 0.243 e. The molecule has 30 heavy (non-hydrogen) atoms. The van der Waals surface area contributed by atoms with Crippen molar-refractivity contribution in [1.82, 2.24) is 20.4 Å². The Morgan fingerprint density at radius 3 is 2.60 bits per heavy atom. The molecule has 2 aromatic rings. The number of rotatable bonds is 8. The largest absolute Gasteiger partial charge is 0.469 e. The number of benzene rings is 1. The number of guanidine groups is 1. The fourth-order valence-electron chi connectivity index (χ4n) is 3.47. The lowest BCUT2D eigenvalue weighted by Gasteiger charge is -2.33. The molecule has 2 N–H and O–H groups in total. The molecule has 1 aromatic heterocycles. The van der Waals surface area contributed by atoms with Crippen molar-refractivity contribution < 1.29 is 9.21 Å². The predicted molar refractivity (Wildman–Crippen MR) is 119 cm³/mol. The van der Waals surface area contributed by atoms with Crippen LogP contribution in [0.15, 0.2) is 58.1 Å². The second-order valence-corrected chi connectivity index (χ2v) is 7.89. The first kappa shape index (κ1) is 21.9. The fraction of sp³-hybridized carbons (Fsp3) is 0.478. The summed E-state index contributed by atoms with van der Waals surface area (Å²) in [6, 6.07) is 14.8. The van der Waals surface area contributed by atoms with E-state index in [0.29, 0.717) is 18.5 Å². The van der Waals surface area contributed by atoms with Gasteiger partial charge in [-0.2, -0.15) is 0 Å². The molecule has 7 heteroatoms. The zero-order valence-corrected chi connectivity index (χ0v) is 18.0. The summed E-state index contributed by atoms with van der Waals surface area (Å²) in [5, 5.41) is 6.87. The zero-order chi connectivity index (χ0) is 21.2. The minimum Gasteiger partial charge on any atom is -0.469 e. The highest BCUT2D eigenvalue weighted by Crippen LogP contribution is 2.13. The van der Waals surface area contributed by atoms with Crippen molar-refractivity contribution in [1.29, 1.82) is 0 Å². The summed E-state index contributed by atoms with van der Waals surface area (Å²) in [5.41, 5.74) is 1.35. The van der Waals surface area contributed by atoms with Crippen molar-refractivity contribution in [2.75, 3.05) is 40.3 Å². The summed E-state index contributed by atoms with van der Waals surface area (Å²) in [6.45, 7) is 3.91. The van der Waals surface area contributed by atoms with Gasteiger partial charge < -0.3 is 20.0 Å². The molecule has 1 amide bonds. The van der Waals surface area contributed by atoms with Crippen LogP contribution in [0.5, 0.6) is 0 Å². The van der Waals surface area contributed by atoms with Gasteiger partial charge in [0.2, 0.25) is 5.91 Å². The van der Waals surface area contributed by atoms with Gasteiger partial charge in [0, 0.05) is 52.7 Å². The Kier molecular flexibility index (Phi) is 8.32. The minimum atomic E-state index is -0.0141.